The number of aryl methyl sites for hydroxylation is 1. The molecule has 0 spiro atoms. The molecule has 0 bridgehead atoms. The van der Waals surface area contributed by atoms with E-state index in [0.29, 0.717) is 30.1 Å². The highest BCUT2D eigenvalue weighted by Crippen LogP contribution is 2.22. The molecule has 0 aromatic carbocycles. The molecule has 1 aromatic rings. The summed E-state index contributed by atoms with van der Waals surface area (Å²) >= 11 is 0. The third-order valence-electron chi connectivity index (χ3n) is 4.85. The number of guanidine groups is 1. The van der Waals surface area contributed by atoms with Crippen molar-refractivity contribution in [1.29, 1.82) is 0 Å². The van der Waals surface area contributed by atoms with Crippen molar-refractivity contribution >= 4 is 22.7 Å². The Bertz CT molecular complexity index is 659. The van der Waals surface area contributed by atoms with Crippen molar-refractivity contribution in [2.45, 2.75) is 57.2 Å². The summed E-state index contributed by atoms with van der Waals surface area (Å²) in [5.41, 5.74) is 0.838. The van der Waals surface area contributed by atoms with Gasteiger partial charge in [-0.25, -0.2) is 0 Å². The Morgan fingerprint density at radius 3 is 2.78 bits per heavy atom. The fraction of sp³-hybridized carbons (Fsp3) is 0.684. The summed E-state index contributed by atoms with van der Waals surface area (Å²) in [4.78, 5) is 16.2. The summed E-state index contributed by atoms with van der Waals surface area (Å²) in [6.45, 7) is 5.10. The summed E-state index contributed by atoms with van der Waals surface area (Å²) in [6, 6.07) is 2.09. The van der Waals surface area contributed by atoms with E-state index in [1.54, 1.807) is 13.1 Å². The van der Waals surface area contributed by atoms with Gasteiger partial charge in [0.2, 0.25) is 0 Å². The third kappa shape index (κ3) is 6.68. The number of aliphatic imine (C=N–C) groups is 1. The molecule has 3 atom stereocenters. The quantitative estimate of drug-likeness (QED) is 0.355. The summed E-state index contributed by atoms with van der Waals surface area (Å²) < 4.78 is 17.2. The van der Waals surface area contributed by atoms with E-state index in [2.05, 4.69) is 20.9 Å². The van der Waals surface area contributed by atoms with Crippen LogP contribution in [0.2, 0.25) is 0 Å². The molecule has 1 amide bonds. The van der Waals surface area contributed by atoms with E-state index in [0.717, 1.165) is 49.4 Å². The molecular weight excluding hydrogens is 364 g/mol. The van der Waals surface area contributed by atoms with Crippen LogP contribution in [0.1, 0.15) is 55.1 Å². The van der Waals surface area contributed by atoms with Gasteiger partial charge < -0.3 is 20.4 Å². The van der Waals surface area contributed by atoms with Gasteiger partial charge in [0.25, 0.3) is 5.91 Å². The predicted octanol–water partition coefficient (Wildman–Crippen LogP) is 1.95. The van der Waals surface area contributed by atoms with Crippen molar-refractivity contribution in [2.75, 3.05) is 25.9 Å². The van der Waals surface area contributed by atoms with Crippen LogP contribution in [0.25, 0.3) is 0 Å². The number of furan rings is 1. The van der Waals surface area contributed by atoms with Gasteiger partial charge in [0, 0.05) is 53.5 Å². The highest BCUT2D eigenvalue weighted by atomic mass is 32.2. The second-order valence-corrected chi connectivity index (χ2v) is 8.85. The van der Waals surface area contributed by atoms with Crippen LogP contribution in [-0.2, 0) is 10.8 Å². The van der Waals surface area contributed by atoms with Gasteiger partial charge in [-0.3, -0.25) is 14.0 Å². The number of nitrogens with one attached hydrogen (secondary N) is 3. The highest BCUT2D eigenvalue weighted by Gasteiger charge is 2.25. The Kier molecular flexibility index (Phi) is 8.84. The fourth-order valence-electron chi connectivity index (χ4n) is 3.32. The molecule has 2 rings (SSSR count). The monoisotopic (exact) mass is 396 g/mol. The molecule has 1 aliphatic rings. The topological polar surface area (TPSA) is 95.7 Å². The molecule has 152 valence electrons. The van der Waals surface area contributed by atoms with Gasteiger partial charge in [0.15, 0.2) is 11.7 Å². The number of hydrogen-bond donors (Lipinski definition) is 3. The second kappa shape index (κ2) is 11.1. The van der Waals surface area contributed by atoms with E-state index in [1.807, 2.05) is 13.8 Å². The maximum atomic E-state index is 12.1. The summed E-state index contributed by atoms with van der Waals surface area (Å²) in [7, 11) is 1.03. The van der Waals surface area contributed by atoms with Gasteiger partial charge in [-0.2, -0.15) is 0 Å². The molecule has 7 nitrogen and oxygen atoms in total. The minimum atomic E-state index is -0.726. The lowest BCUT2D eigenvalue weighted by atomic mass is 9.95. The first-order valence-electron chi connectivity index (χ1n) is 9.71. The SMILES string of the molecule is CCS(=O)C1CCCC(NC(=NC)NCCCNC(=O)c2occc2C)C1. The lowest BCUT2D eigenvalue weighted by Gasteiger charge is -2.30. The Hall–Kier alpha value is -1.83. The molecule has 27 heavy (non-hydrogen) atoms. The molecule has 1 fully saturated rings. The molecule has 0 radical (unpaired) electrons. The van der Waals surface area contributed by atoms with E-state index < -0.39 is 10.8 Å². The molecule has 1 aromatic heterocycles. The average Bonchev–Trinajstić information content (AvgIpc) is 3.12. The first-order valence-corrected chi connectivity index (χ1v) is 11.1. The second-order valence-electron chi connectivity index (χ2n) is 6.84. The van der Waals surface area contributed by atoms with Gasteiger partial charge in [-0.1, -0.05) is 13.3 Å². The molecule has 8 heteroatoms. The Morgan fingerprint density at radius 2 is 2.11 bits per heavy atom. The van der Waals surface area contributed by atoms with Gasteiger partial charge in [-0.05, 0) is 38.7 Å². The van der Waals surface area contributed by atoms with Crippen molar-refractivity contribution < 1.29 is 13.4 Å². The summed E-state index contributed by atoms with van der Waals surface area (Å²) in [5, 5.41) is 9.88. The Balaban J connectivity index is 1.66. The van der Waals surface area contributed by atoms with Crippen LogP contribution in [-0.4, -0.2) is 53.3 Å². The lowest BCUT2D eigenvalue weighted by Crippen LogP contribution is -2.47. The minimum absolute atomic E-state index is 0.183. The molecule has 0 saturated heterocycles. The zero-order chi connectivity index (χ0) is 19.6. The number of carbonyl (C=O) groups is 1. The molecule has 1 heterocycles. The summed E-state index contributed by atoms with van der Waals surface area (Å²) in [6.07, 6.45) is 6.46. The lowest BCUT2D eigenvalue weighted by molar-refractivity contribution is 0.0925. The largest absolute Gasteiger partial charge is 0.459 e. The molecule has 3 N–H and O–H groups in total. The molecule has 1 saturated carbocycles. The van der Waals surface area contributed by atoms with Crippen LogP contribution in [0.15, 0.2) is 21.7 Å². The van der Waals surface area contributed by atoms with Crippen LogP contribution in [0.5, 0.6) is 0 Å². The number of amides is 1. The van der Waals surface area contributed by atoms with Crippen LogP contribution in [0.3, 0.4) is 0 Å². The third-order valence-corrected chi connectivity index (χ3v) is 6.59. The number of hydrogen-bond acceptors (Lipinski definition) is 4. The van der Waals surface area contributed by atoms with Crippen LogP contribution >= 0.6 is 0 Å². The molecular formula is C19H32N4O3S. The van der Waals surface area contributed by atoms with Crippen molar-refractivity contribution in [2.24, 2.45) is 4.99 Å². The number of nitrogens with zero attached hydrogens (tertiary/aromatic N) is 1. The van der Waals surface area contributed by atoms with E-state index in [9.17, 15) is 9.00 Å². The predicted molar refractivity (Wildman–Crippen MR) is 110 cm³/mol. The maximum Gasteiger partial charge on any atom is 0.287 e. The fourth-order valence-corrected chi connectivity index (χ4v) is 4.67. The zero-order valence-corrected chi connectivity index (χ0v) is 17.4. The van der Waals surface area contributed by atoms with Crippen molar-refractivity contribution in [1.82, 2.24) is 16.0 Å². The molecule has 1 aliphatic carbocycles. The number of rotatable bonds is 8. The minimum Gasteiger partial charge on any atom is -0.459 e. The Labute approximate surface area is 164 Å². The van der Waals surface area contributed by atoms with Gasteiger partial charge in [-0.15, -0.1) is 0 Å². The maximum absolute atomic E-state index is 12.1. The normalized spacial score (nSPS) is 21.5. The molecule has 3 unspecified atom stereocenters. The molecule has 0 aliphatic heterocycles. The van der Waals surface area contributed by atoms with Crippen LogP contribution in [0, 0.1) is 6.92 Å². The van der Waals surface area contributed by atoms with E-state index in [-0.39, 0.29) is 5.91 Å². The van der Waals surface area contributed by atoms with E-state index in [4.69, 9.17) is 4.42 Å². The van der Waals surface area contributed by atoms with Gasteiger partial charge in [0.1, 0.15) is 0 Å². The first kappa shape index (κ1) is 21.5. The summed E-state index contributed by atoms with van der Waals surface area (Å²) in [5.74, 6) is 1.68. The van der Waals surface area contributed by atoms with E-state index >= 15 is 0 Å². The smallest absolute Gasteiger partial charge is 0.287 e. The first-order chi connectivity index (χ1) is 13.0. The van der Waals surface area contributed by atoms with Gasteiger partial charge in [0.05, 0.1) is 6.26 Å². The van der Waals surface area contributed by atoms with Crippen molar-refractivity contribution in [3.05, 3.63) is 23.7 Å². The van der Waals surface area contributed by atoms with Gasteiger partial charge >= 0.3 is 0 Å². The van der Waals surface area contributed by atoms with Crippen LogP contribution < -0.4 is 16.0 Å². The van der Waals surface area contributed by atoms with Crippen LogP contribution in [0.4, 0.5) is 0 Å². The highest BCUT2D eigenvalue weighted by molar-refractivity contribution is 7.85. The Morgan fingerprint density at radius 1 is 1.33 bits per heavy atom. The zero-order valence-electron chi connectivity index (χ0n) is 16.5. The van der Waals surface area contributed by atoms with Crippen molar-refractivity contribution in [3.8, 4) is 0 Å². The standard InChI is InChI=1S/C19H32N4O3S/c1-4-27(25)16-8-5-7-15(13-16)23-19(20-3)22-11-6-10-21-18(24)17-14(2)9-12-26-17/h9,12,15-16H,4-8,10-11,13H2,1-3H3,(H,21,24)(H2,20,22,23). The number of carbonyl (C=O) groups excluding carboxylic acids is 1. The van der Waals surface area contributed by atoms with E-state index in [1.165, 1.54) is 6.26 Å². The average molecular weight is 397 g/mol. The van der Waals surface area contributed by atoms with Crippen molar-refractivity contribution in [3.63, 3.8) is 0 Å².